The van der Waals surface area contributed by atoms with E-state index in [4.69, 9.17) is 0 Å². The van der Waals surface area contributed by atoms with Gasteiger partial charge in [-0.3, -0.25) is 19.5 Å². The van der Waals surface area contributed by atoms with Crippen molar-refractivity contribution < 1.29 is 9.59 Å². The summed E-state index contributed by atoms with van der Waals surface area (Å²) in [5.41, 5.74) is 0. The van der Waals surface area contributed by atoms with Crippen LogP contribution in [0.5, 0.6) is 0 Å². The van der Waals surface area contributed by atoms with Gasteiger partial charge < -0.3 is 15.2 Å². The Morgan fingerprint density at radius 2 is 1.76 bits per heavy atom. The minimum atomic E-state index is -0.120. The average Bonchev–Trinajstić information content (AvgIpc) is 3.49. The van der Waals surface area contributed by atoms with Crippen molar-refractivity contribution in [3.63, 3.8) is 0 Å². The first kappa shape index (κ1) is 19.6. The Labute approximate surface area is 170 Å². The van der Waals surface area contributed by atoms with Crippen LogP contribution in [0.3, 0.4) is 0 Å². The van der Waals surface area contributed by atoms with Crippen LogP contribution >= 0.6 is 0 Å². The third-order valence-corrected chi connectivity index (χ3v) is 6.09. The number of amides is 2. The summed E-state index contributed by atoms with van der Waals surface area (Å²) in [6.45, 7) is 5.26. The number of nitrogens with one attached hydrogen (secondary N) is 2. The normalized spacial score (nSPS) is 27.8. The molecule has 1 aromatic rings. The lowest BCUT2D eigenvalue weighted by Gasteiger charge is -2.18. The summed E-state index contributed by atoms with van der Waals surface area (Å²) in [6, 6.07) is 0. The van der Waals surface area contributed by atoms with Crippen LogP contribution in [0.2, 0.25) is 0 Å². The van der Waals surface area contributed by atoms with Gasteiger partial charge in [-0.15, -0.1) is 10.2 Å². The van der Waals surface area contributed by atoms with Crippen LogP contribution in [-0.2, 0) is 16.1 Å². The first-order chi connectivity index (χ1) is 14.2. The maximum absolute atomic E-state index is 12.7. The maximum atomic E-state index is 12.7. The van der Waals surface area contributed by atoms with Gasteiger partial charge in [0.2, 0.25) is 11.8 Å². The molecule has 1 aliphatic heterocycles. The zero-order valence-corrected chi connectivity index (χ0v) is 16.8. The zero-order valence-electron chi connectivity index (χ0n) is 16.8. The predicted octanol–water partition coefficient (Wildman–Crippen LogP) is 0.421. The first-order valence-corrected chi connectivity index (χ1v) is 10.6. The molecule has 2 heterocycles. The Morgan fingerprint density at radius 1 is 1.07 bits per heavy atom. The van der Waals surface area contributed by atoms with E-state index >= 15 is 0 Å². The molecule has 0 aromatic carbocycles. The lowest BCUT2D eigenvalue weighted by atomic mass is 9.85. The maximum Gasteiger partial charge on any atom is 0.233 e. The molecule has 4 unspecified atom stereocenters. The monoisotopic (exact) mass is 399 g/mol. The summed E-state index contributed by atoms with van der Waals surface area (Å²) in [4.78, 5) is 31.5. The van der Waals surface area contributed by atoms with Crippen molar-refractivity contribution >= 4 is 17.8 Å². The summed E-state index contributed by atoms with van der Waals surface area (Å²) < 4.78 is 1.95. The SMILES string of the molecule is CCNC(=NCCCCn1cnnc1)NCCN1C(=O)C2C3C=CC(C3)C2C1=O. The summed E-state index contributed by atoms with van der Waals surface area (Å²) in [5, 5.41) is 14.0. The molecule has 2 fully saturated rings. The van der Waals surface area contributed by atoms with E-state index in [2.05, 4.69) is 38.0 Å². The van der Waals surface area contributed by atoms with Crippen LogP contribution in [0, 0.1) is 23.7 Å². The Balaban J connectivity index is 1.21. The van der Waals surface area contributed by atoms with Crippen molar-refractivity contribution in [2.45, 2.75) is 32.7 Å². The highest BCUT2D eigenvalue weighted by atomic mass is 16.2. The third-order valence-electron chi connectivity index (χ3n) is 6.09. The number of imide groups is 1. The quantitative estimate of drug-likeness (QED) is 0.205. The van der Waals surface area contributed by atoms with Crippen molar-refractivity contribution in [3.05, 3.63) is 24.8 Å². The molecule has 2 amide bonds. The number of carbonyl (C=O) groups excluding carboxylic acids is 2. The van der Waals surface area contributed by atoms with E-state index < -0.39 is 0 Å². The van der Waals surface area contributed by atoms with Gasteiger partial charge in [0.15, 0.2) is 5.96 Å². The molecule has 0 radical (unpaired) electrons. The minimum Gasteiger partial charge on any atom is -0.357 e. The van der Waals surface area contributed by atoms with Crippen LogP contribution < -0.4 is 10.6 Å². The van der Waals surface area contributed by atoms with Gasteiger partial charge in [0, 0.05) is 32.7 Å². The summed E-state index contributed by atoms with van der Waals surface area (Å²) >= 11 is 0. The molecule has 3 aliphatic rings. The number of unbranched alkanes of at least 4 members (excludes halogenated alkanes) is 1. The van der Waals surface area contributed by atoms with Crippen molar-refractivity contribution in [1.82, 2.24) is 30.3 Å². The lowest BCUT2D eigenvalue weighted by Crippen LogP contribution is -2.43. The van der Waals surface area contributed by atoms with E-state index in [9.17, 15) is 9.59 Å². The number of hydrogen-bond donors (Lipinski definition) is 2. The van der Waals surface area contributed by atoms with Crippen LogP contribution in [0.25, 0.3) is 0 Å². The molecule has 2 N–H and O–H groups in total. The molecule has 4 atom stereocenters. The van der Waals surface area contributed by atoms with Crippen LogP contribution in [0.4, 0.5) is 0 Å². The van der Waals surface area contributed by atoms with Crippen LogP contribution in [-0.4, -0.2) is 63.6 Å². The Bertz CT molecular complexity index is 759. The average molecular weight is 399 g/mol. The molecular weight excluding hydrogens is 370 g/mol. The van der Waals surface area contributed by atoms with E-state index in [1.165, 1.54) is 4.90 Å². The number of carbonyl (C=O) groups is 2. The minimum absolute atomic E-state index is 0.00887. The standard InChI is InChI=1S/C20H29N7O2/c1-2-21-20(22-7-3-4-9-26-12-24-25-13-26)23-8-10-27-18(28)16-14-5-6-15(11-14)17(16)19(27)29/h5-6,12-17H,2-4,7-11H2,1H3,(H2,21,22,23). The van der Waals surface area contributed by atoms with Crippen molar-refractivity contribution in [3.8, 4) is 0 Å². The summed E-state index contributed by atoms with van der Waals surface area (Å²) in [6.07, 6.45) is 10.6. The number of fused-ring (bicyclic) bond motifs is 5. The number of aromatic nitrogens is 3. The van der Waals surface area contributed by atoms with Gasteiger partial charge in [-0.05, 0) is 38.0 Å². The van der Waals surface area contributed by atoms with Gasteiger partial charge in [-0.25, -0.2) is 0 Å². The Morgan fingerprint density at radius 3 is 2.41 bits per heavy atom. The smallest absolute Gasteiger partial charge is 0.233 e. The molecule has 156 valence electrons. The highest BCUT2D eigenvalue weighted by Gasteiger charge is 2.58. The van der Waals surface area contributed by atoms with E-state index in [0.29, 0.717) is 19.6 Å². The fraction of sp³-hybridized carbons (Fsp3) is 0.650. The highest BCUT2D eigenvalue weighted by Crippen LogP contribution is 2.52. The number of allylic oxidation sites excluding steroid dienone is 2. The number of likely N-dealkylation sites (tertiary alicyclic amines) is 1. The fourth-order valence-electron chi connectivity index (χ4n) is 4.75. The number of aliphatic imine (C=N–C) groups is 1. The van der Waals surface area contributed by atoms with E-state index in [1.807, 2.05) is 11.5 Å². The fourth-order valence-corrected chi connectivity index (χ4v) is 4.75. The Hall–Kier alpha value is -2.71. The van der Waals surface area contributed by atoms with Gasteiger partial charge in [0.1, 0.15) is 12.7 Å². The summed E-state index contributed by atoms with van der Waals surface area (Å²) in [5.74, 6) is 1.02. The molecule has 1 aromatic heterocycles. The second-order valence-electron chi connectivity index (χ2n) is 7.92. The van der Waals surface area contributed by atoms with Gasteiger partial charge >= 0.3 is 0 Å². The van der Waals surface area contributed by atoms with Gasteiger partial charge in [0.25, 0.3) is 0 Å². The second-order valence-corrected chi connectivity index (χ2v) is 7.92. The second kappa shape index (κ2) is 8.75. The highest BCUT2D eigenvalue weighted by molar-refractivity contribution is 6.06. The van der Waals surface area contributed by atoms with Crippen LogP contribution in [0.1, 0.15) is 26.2 Å². The molecule has 1 saturated carbocycles. The molecule has 2 bridgehead atoms. The van der Waals surface area contributed by atoms with Gasteiger partial charge in [0.05, 0.1) is 11.8 Å². The largest absolute Gasteiger partial charge is 0.357 e. The van der Waals surface area contributed by atoms with Gasteiger partial charge in [-0.1, -0.05) is 12.2 Å². The number of aryl methyl sites for hydroxylation is 1. The predicted molar refractivity (Wildman–Crippen MR) is 108 cm³/mol. The van der Waals surface area contributed by atoms with Crippen molar-refractivity contribution in [1.29, 1.82) is 0 Å². The van der Waals surface area contributed by atoms with E-state index in [-0.39, 0.29) is 35.5 Å². The van der Waals surface area contributed by atoms with Crippen molar-refractivity contribution in [2.75, 3.05) is 26.2 Å². The number of nitrogens with zero attached hydrogens (tertiary/aromatic N) is 5. The molecular formula is C20H29N7O2. The molecule has 0 spiro atoms. The number of hydrogen-bond acceptors (Lipinski definition) is 5. The summed E-state index contributed by atoms with van der Waals surface area (Å²) in [7, 11) is 0. The molecule has 29 heavy (non-hydrogen) atoms. The molecule has 9 nitrogen and oxygen atoms in total. The third kappa shape index (κ3) is 4.04. The Kier molecular flexibility index (Phi) is 5.92. The number of rotatable bonds is 9. The molecule has 4 rings (SSSR count). The van der Waals surface area contributed by atoms with E-state index in [1.54, 1.807) is 12.7 Å². The van der Waals surface area contributed by atoms with E-state index in [0.717, 1.165) is 38.3 Å². The zero-order chi connectivity index (χ0) is 20.2. The number of guanidine groups is 1. The van der Waals surface area contributed by atoms with Crippen LogP contribution in [0.15, 0.2) is 29.8 Å². The topological polar surface area (TPSA) is 105 Å². The van der Waals surface area contributed by atoms with Crippen molar-refractivity contribution in [2.24, 2.45) is 28.7 Å². The van der Waals surface area contributed by atoms with Gasteiger partial charge in [-0.2, -0.15) is 0 Å². The molecule has 1 saturated heterocycles. The molecule has 2 aliphatic carbocycles. The lowest BCUT2D eigenvalue weighted by molar-refractivity contribution is -0.140. The first-order valence-electron chi connectivity index (χ1n) is 10.6. The molecule has 9 heteroatoms.